The van der Waals surface area contributed by atoms with Gasteiger partial charge in [0.25, 0.3) is 5.91 Å². The predicted molar refractivity (Wildman–Crippen MR) is 112 cm³/mol. The van der Waals surface area contributed by atoms with Gasteiger partial charge in [-0.25, -0.2) is 8.42 Å². The van der Waals surface area contributed by atoms with Crippen LogP contribution in [0, 0.1) is 10.1 Å². The molecule has 2 aromatic carbocycles. The highest BCUT2D eigenvalue weighted by Gasteiger charge is 2.21. The van der Waals surface area contributed by atoms with Crippen molar-refractivity contribution in [2.75, 3.05) is 19.7 Å². The number of amides is 1. The standard InChI is InChI=1S/C20H25N3O6S/c1-4-22(5-2)30(27,28)17-10-7-15(8-11-17)14-21-20(24)16-9-12-19(29-6-3)18(13-16)23(25)26/h7-13H,4-6,14H2,1-3H3,(H,21,24). The number of carbonyl (C=O) groups is 1. The second kappa shape index (κ2) is 10.2. The van der Waals surface area contributed by atoms with E-state index in [9.17, 15) is 23.3 Å². The van der Waals surface area contributed by atoms with Gasteiger partial charge in [-0.3, -0.25) is 14.9 Å². The number of benzene rings is 2. The summed E-state index contributed by atoms with van der Waals surface area (Å²) in [5, 5.41) is 13.9. The fourth-order valence-electron chi connectivity index (χ4n) is 2.86. The van der Waals surface area contributed by atoms with Gasteiger partial charge in [-0.2, -0.15) is 4.31 Å². The highest BCUT2D eigenvalue weighted by atomic mass is 32.2. The van der Waals surface area contributed by atoms with E-state index in [0.717, 1.165) is 0 Å². The number of nitro groups is 1. The normalized spacial score (nSPS) is 11.3. The summed E-state index contributed by atoms with van der Waals surface area (Å²) in [6, 6.07) is 10.2. The van der Waals surface area contributed by atoms with E-state index in [4.69, 9.17) is 4.74 Å². The third kappa shape index (κ3) is 5.33. The lowest BCUT2D eigenvalue weighted by molar-refractivity contribution is -0.385. The van der Waals surface area contributed by atoms with E-state index in [1.54, 1.807) is 32.9 Å². The highest BCUT2D eigenvalue weighted by molar-refractivity contribution is 7.89. The van der Waals surface area contributed by atoms with E-state index in [1.165, 1.54) is 34.6 Å². The monoisotopic (exact) mass is 435 g/mol. The molecule has 0 aliphatic heterocycles. The summed E-state index contributed by atoms with van der Waals surface area (Å²) in [4.78, 5) is 23.2. The van der Waals surface area contributed by atoms with Crippen molar-refractivity contribution in [2.24, 2.45) is 0 Å². The fraction of sp³-hybridized carbons (Fsp3) is 0.350. The van der Waals surface area contributed by atoms with Crippen LogP contribution in [0.4, 0.5) is 5.69 Å². The van der Waals surface area contributed by atoms with E-state index < -0.39 is 20.9 Å². The maximum Gasteiger partial charge on any atom is 0.311 e. The van der Waals surface area contributed by atoms with Gasteiger partial charge in [0, 0.05) is 31.3 Å². The third-order valence-corrected chi connectivity index (χ3v) is 6.50. The Bertz CT molecular complexity index is 1000. The van der Waals surface area contributed by atoms with Crippen LogP contribution >= 0.6 is 0 Å². The van der Waals surface area contributed by atoms with Crippen LogP contribution in [0.5, 0.6) is 5.75 Å². The minimum Gasteiger partial charge on any atom is -0.487 e. The number of carbonyl (C=O) groups excluding carboxylic acids is 1. The molecule has 10 heteroatoms. The molecule has 0 atom stereocenters. The van der Waals surface area contributed by atoms with Gasteiger partial charge in [-0.05, 0) is 36.8 Å². The third-order valence-electron chi connectivity index (χ3n) is 4.44. The number of nitrogens with zero attached hydrogens (tertiary/aromatic N) is 2. The Balaban J connectivity index is 2.10. The molecule has 2 rings (SSSR count). The van der Waals surface area contributed by atoms with Gasteiger partial charge in [-0.15, -0.1) is 0 Å². The predicted octanol–water partition coefficient (Wildman–Crippen LogP) is 2.95. The van der Waals surface area contributed by atoms with Gasteiger partial charge >= 0.3 is 5.69 Å². The van der Waals surface area contributed by atoms with Crippen LogP contribution in [-0.2, 0) is 16.6 Å². The van der Waals surface area contributed by atoms with Gasteiger partial charge in [0.15, 0.2) is 5.75 Å². The Morgan fingerprint density at radius 2 is 1.73 bits per heavy atom. The van der Waals surface area contributed by atoms with E-state index in [2.05, 4.69) is 5.32 Å². The summed E-state index contributed by atoms with van der Waals surface area (Å²) >= 11 is 0. The number of nitrogens with one attached hydrogen (secondary N) is 1. The van der Waals surface area contributed by atoms with Gasteiger partial charge < -0.3 is 10.1 Å². The first-order valence-corrected chi connectivity index (χ1v) is 11.0. The average Bonchev–Trinajstić information content (AvgIpc) is 2.73. The van der Waals surface area contributed by atoms with Crippen molar-refractivity contribution in [1.29, 1.82) is 0 Å². The van der Waals surface area contributed by atoms with Crippen LogP contribution < -0.4 is 10.1 Å². The topological polar surface area (TPSA) is 119 Å². The molecule has 30 heavy (non-hydrogen) atoms. The maximum absolute atomic E-state index is 12.5. The molecule has 0 unspecified atom stereocenters. The largest absolute Gasteiger partial charge is 0.487 e. The molecule has 0 aliphatic carbocycles. The lowest BCUT2D eigenvalue weighted by Gasteiger charge is -2.18. The number of sulfonamides is 1. The summed E-state index contributed by atoms with van der Waals surface area (Å²) in [6.45, 7) is 6.43. The first-order valence-electron chi connectivity index (χ1n) is 9.53. The Hall–Kier alpha value is -2.98. The quantitative estimate of drug-likeness (QED) is 0.453. The van der Waals surface area contributed by atoms with Crippen molar-refractivity contribution in [3.8, 4) is 5.75 Å². The van der Waals surface area contributed by atoms with Gasteiger partial charge in [0.05, 0.1) is 16.4 Å². The van der Waals surface area contributed by atoms with Crippen LogP contribution in [0.25, 0.3) is 0 Å². The van der Waals surface area contributed by atoms with Crippen LogP contribution in [0.15, 0.2) is 47.4 Å². The lowest BCUT2D eigenvalue weighted by atomic mass is 10.1. The number of rotatable bonds is 10. The molecular weight excluding hydrogens is 410 g/mol. The highest BCUT2D eigenvalue weighted by Crippen LogP contribution is 2.28. The Morgan fingerprint density at radius 3 is 2.27 bits per heavy atom. The molecule has 2 aromatic rings. The summed E-state index contributed by atoms with van der Waals surface area (Å²) in [6.07, 6.45) is 0. The van der Waals surface area contributed by atoms with Gasteiger partial charge in [-0.1, -0.05) is 26.0 Å². The minimum absolute atomic E-state index is 0.101. The van der Waals surface area contributed by atoms with Crippen molar-refractivity contribution < 1.29 is 22.9 Å². The second-order valence-corrected chi connectivity index (χ2v) is 8.23. The molecule has 9 nitrogen and oxygen atoms in total. The van der Waals surface area contributed by atoms with Gasteiger partial charge in [0.2, 0.25) is 10.0 Å². The van der Waals surface area contributed by atoms with E-state index >= 15 is 0 Å². The average molecular weight is 436 g/mol. The molecule has 0 saturated carbocycles. The van der Waals surface area contributed by atoms with E-state index in [1.807, 2.05) is 0 Å². The lowest BCUT2D eigenvalue weighted by Crippen LogP contribution is -2.30. The first-order chi connectivity index (χ1) is 14.2. The van der Waals surface area contributed by atoms with Crippen molar-refractivity contribution >= 4 is 21.6 Å². The molecule has 0 aliphatic rings. The van der Waals surface area contributed by atoms with Crippen molar-refractivity contribution in [3.05, 3.63) is 63.7 Å². The molecule has 1 amide bonds. The summed E-state index contributed by atoms with van der Waals surface area (Å²) in [7, 11) is -3.54. The number of ether oxygens (including phenoxy) is 1. The molecule has 0 bridgehead atoms. The van der Waals surface area contributed by atoms with E-state index in [0.29, 0.717) is 18.7 Å². The number of nitro benzene ring substituents is 1. The van der Waals surface area contributed by atoms with Crippen LogP contribution in [0.3, 0.4) is 0 Å². The summed E-state index contributed by atoms with van der Waals surface area (Å²) < 4.78 is 31.6. The molecule has 0 aromatic heterocycles. The van der Waals surface area contributed by atoms with E-state index in [-0.39, 0.29) is 35.0 Å². The van der Waals surface area contributed by atoms with Gasteiger partial charge in [0.1, 0.15) is 0 Å². The minimum atomic E-state index is -3.54. The Kier molecular flexibility index (Phi) is 7.90. The smallest absolute Gasteiger partial charge is 0.311 e. The van der Waals surface area contributed by atoms with Crippen molar-refractivity contribution in [3.63, 3.8) is 0 Å². The summed E-state index contributed by atoms with van der Waals surface area (Å²) in [5.41, 5.74) is 0.545. The molecule has 1 N–H and O–H groups in total. The molecular formula is C20H25N3O6S. The molecule has 0 saturated heterocycles. The zero-order chi connectivity index (χ0) is 22.3. The molecule has 0 spiro atoms. The zero-order valence-electron chi connectivity index (χ0n) is 17.1. The van der Waals surface area contributed by atoms with Crippen molar-refractivity contribution in [2.45, 2.75) is 32.2 Å². The molecule has 162 valence electrons. The van der Waals surface area contributed by atoms with Crippen molar-refractivity contribution in [1.82, 2.24) is 9.62 Å². The number of hydrogen-bond acceptors (Lipinski definition) is 6. The fourth-order valence-corrected chi connectivity index (χ4v) is 4.31. The molecule has 0 radical (unpaired) electrons. The second-order valence-electron chi connectivity index (χ2n) is 6.29. The Morgan fingerprint density at radius 1 is 1.10 bits per heavy atom. The maximum atomic E-state index is 12.5. The van der Waals surface area contributed by atoms with Crippen LogP contribution in [-0.4, -0.2) is 43.2 Å². The van der Waals surface area contributed by atoms with Crippen LogP contribution in [0.1, 0.15) is 36.7 Å². The molecule has 0 heterocycles. The first kappa shape index (κ1) is 23.3. The summed E-state index contributed by atoms with van der Waals surface area (Å²) in [5.74, 6) is -0.384. The van der Waals surface area contributed by atoms with Crippen LogP contribution in [0.2, 0.25) is 0 Å². The molecule has 0 fully saturated rings. The zero-order valence-corrected chi connectivity index (χ0v) is 17.9. The Labute approximate surface area is 175 Å². The number of hydrogen-bond donors (Lipinski definition) is 1. The SMILES string of the molecule is CCOc1ccc(C(=O)NCc2ccc(S(=O)(=O)N(CC)CC)cc2)cc1[N+](=O)[O-].